The molecular weight excluding hydrogens is 212 g/mol. The van der Waals surface area contributed by atoms with Gasteiger partial charge >= 0.3 is 0 Å². The van der Waals surface area contributed by atoms with E-state index < -0.39 is 0 Å². The maximum atomic E-state index is 5.99. The van der Waals surface area contributed by atoms with Gasteiger partial charge in [0.2, 0.25) is 0 Å². The van der Waals surface area contributed by atoms with Gasteiger partial charge in [-0.05, 0) is 31.0 Å². The first kappa shape index (κ1) is 12.3. The van der Waals surface area contributed by atoms with Crippen LogP contribution in [0.4, 0.5) is 5.82 Å². The number of nitrogens with zero attached hydrogens (tertiary/aromatic N) is 1. The van der Waals surface area contributed by atoms with Gasteiger partial charge in [-0.15, -0.1) is 11.6 Å². The topological polar surface area (TPSA) is 34.1 Å². The van der Waals surface area contributed by atoms with Gasteiger partial charge in [-0.2, -0.15) is 0 Å². The van der Waals surface area contributed by atoms with E-state index in [1.165, 1.54) is 5.56 Å². The number of halogens is 1. The molecule has 0 saturated carbocycles. The molecule has 0 aliphatic rings. The molecule has 1 rings (SSSR count). The molecule has 1 heterocycles. The molecule has 0 bridgehead atoms. The summed E-state index contributed by atoms with van der Waals surface area (Å²) in [4.78, 5) is 4.20. The molecule has 0 aliphatic heterocycles. The van der Waals surface area contributed by atoms with Crippen molar-refractivity contribution in [2.24, 2.45) is 0 Å². The Morgan fingerprint density at radius 3 is 3.07 bits per heavy atom. The average molecular weight is 229 g/mol. The molecule has 1 aromatic rings. The lowest BCUT2D eigenvalue weighted by Gasteiger charge is -2.09. The summed E-state index contributed by atoms with van der Waals surface area (Å²) in [5, 5.41) is 3.29. The lowest BCUT2D eigenvalue weighted by Crippen LogP contribution is -2.13. The third-order valence-electron chi connectivity index (χ3n) is 2.03. The molecule has 0 saturated heterocycles. The van der Waals surface area contributed by atoms with Gasteiger partial charge in [-0.3, -0.25) is 0 Å². The molecule has 0 aromatic carbocycles. The molecule has 1 atom stereocenters. The van der Waals surface area contributed by atoms with Crippen LogP contribution in [0.15, 0.2) is 18.3 Å². The maximum absolute atomic E-state index is 5.99. The van der Waals surface area contributed by atoms with Crippen LogP contribution in [0, 0.1) is 6.92 Å². The monoisotopic (exact) mass is 228 g/mol. The van der Waals surface area contributed by atoms with E-state index in [1.807, 2.05) is 19.1 Å². The largest absolute Gasteiger partial charge is 0.383 e. The zero-order chi connectivity index (χ0) is 11.1. The fraction of sp³-hybridized carbons (Fsp3) is 0.545. The van der Waals surface area contributed by atoms with E-state index in [-0.39, 0.29) is 5.38 Å². The number of hydrogen-bond donors (Lipinski definition) is 1. The Labute approximate surface area is 95.8 Å². The second kappa shape index (κ2) is 6.64. The number of anilines is 1. The Bertz CT molecular complexity index is 294. The molecule has 3 nitrogen and oxygen atoms in total. The van der Waals surface area contributed by atoms with E-state index in [2.05, 4.69) is 10.3 Å². The van der Waals surface area contributed by atoms with Crippen molar-refractivity contribution in [1.82, 2.24) is 4.98 Å². The summed E-state index contributed by atoms with van der Waals surface area (Å²) in [6.07, 6.45) is 2.66. The third-order valence-corrected chi connectivity index (χ3v) is 2.37. The van der Waals surface area contributed by atoms with Crippen LogP contribution >= 0.6 is 11.6 Å². The zero-order valence-corrected chi connectivity index (χ0v) is 9.92. The molecule has 84 valence electrons. The lowest BCUT2D eigenvalue weighted by atomic mass is 10.3. The molecule has 1 aromatic heterocycles. The molecule has 1 unspecified atom stereocenters. The number of ether oxygens (including phenoxy) is 1. The summed E-state index contributed by atoms with van der Waals surface area (Å²) < 4.78 is 4.95. The smallest absolute Gasteiger partial charge is 0.126 e. The minimum absolute atomic E-state index is 0.0623. The summed E-state index contributed by atoms with van der Waals surface area (Å²) in [6, 6.07) is 3.99. The van der Waals surface area contributed by atoms with E-state index >= 15 is 0 Å². The van der Waals surface area contributed by atoms with E-state index in [4.69, 9.17) is 16.3 Å². The number of nitrogens with one attached hydrogen (secondary N) is 1. The Balaban J connectivity index is 2.25. The summed E-state index contributed by atoms with van der Waals surface area (Å²) >= 11 is 5.99. The van der Waals surface area contributed by atoms with Crippen LogP contribution in [-0.4, -0.2) is 30.6 Å². The highest BCUT2D eigenvalue weighted by Crippen LogP contribution is 2.07. The van der Waals surface area contributed by atoms with Crippen molar-refractivity contribution in [3.63, 3.8) is 0 Å². The minimum atomic E-state index is 0.0623. The SMILES string of the molecule is COCC(Cl)CCNc1cc(C)ccn1. The van der Waals surface area contributed by atoms with Gasteiger partial charge in [0.05, 0.1) is 12.0 Å². The van der Waals surface area contributed by atoms with Crippen molar-refractivity contribution < 1.29 is 4.74 Å². The van der Waals surface area contributed by atoms with Gasteiger partial charge in [-0.25, -0.2) is 4.98 Å². The number of rotatable bonds is 6. The molecule has 1 N–H and O–H groups in total. The van der Waals surface area contributed by atoms with Crippen LogP contribution in [0.25, 0.3) is 0 Å². The number of pyridine rings is 1. The first-order chi connectivity index (χ1) is 7.22. The van der Waals surface area contributed by atoms with Gasteiger partial charge in [0.25, 0.3) is 0 Å². The molecule has 0 amide bonds. The van der Waals surface area contributed by atoms with E-state index in [0.717, 1.165) is 18.8 Å². The normalized spacial score (nSPS) is 12.5. The van der Waals surface area contributed by atoms with Crippen molar-refractivity contribution >= 4 is 17.4 Å². The molecule has 0 fully saturated rings. The summed E-state index contributed by atoms with van der Waals surface area (Å²) in [5.41, 5.74) is 1.20. The number of aryl methyl sites for hydroxylation is 1. The molecule has 4 heteroatoms. The predicted molar refractivity (Wildman–Crippen MR) is 63.6 cm³/mol. The van der Waals surface area contributed by atoms with Crippen LogP contribution in [0.5, 0.6) is 0 Å². The second-order valence-electron chi connectivity index (χ2n) is 3.49. The van der Waals surface area contributed by atoms with Gasteiger partial charge in [0.15, 0.2) is 0 Å². The summed E-state index contributed by atoms with van der Waals surface area (Å²) in [6.45, 7) is 3.45. The number of hydrogen-bond acceptors (Lipinski definition) is 3. The second-order valence-corrected chi connectivity index (χ2v) is 4.10. The first-order valence-electron chi connectivity index (χ1n) is 5.02. The molecule has 0 spiro atoms. The number of aromatic nitrogens is 1. The molecular formula is C11H17ClN2O. The minimum Gasteiger partial charge on any atom is -0.383 e. The Morgan fingerprint density at radius 1 is 1.60 bits per heavy atom. The lowest BCUT2D eigenvalue weighted by molar-refractivity contribution is 0.196. The summed E-state index contributed by atoms with van der Waals surface area (Å²) in [5.74, 6) is 0.899. The molecule has 15 heavy (non-hydrogen) atoms. The fourth-order valence-electron chi connectivity index (χ4n) is 1.25. The van der Waals surface area contributed by atoms with E-state index in [9.17, 15) is 0 Å². The van der Waals surface area contributed by atoms with E-state index in [1.54, 1.807) is 13.3 Å². The molecule has 0 aliphatic carbocycles. The van der Waals surface area contributed by atoms with Gasteiger partial charge < -0.3 is 10.1 Å². The molecule has 0 radical (unpaired) electrons. The van der Waals surface area contributed by atoms with Crippen LogP contribution in [0.3, 0.4) is 0 Å². The maximum Gasteiger partial charge on any atom is 0.126 e. The van der Waals surface area contributed by atoms with Crippen LogP contribution in [-0.2, 0) is 4.74 Å². The predicted octanol–water partition coefficient (Wildman–Crippen LogP) is 2.45. The first-order valence-corrected chi connectivity index (χ1v) is 5.45. The number of alkyl halides is 1. The van der Waals surface area contributed by atoms with Crippen molar-refractivity contribution in [2.75, 3.05) is 25.6 Å². The van der Waals surface area contributed by atoms with Crippen molar-refractivity contribution in [2.45, 2.75) is 18.7 Å². The highest BCUT2D eigenvalue weighted by molar-refractivity contribution is 6.20. The van der Waals surface area contributed by atoms with Crippen LogP contribution in [0.2, 0.25) is 0 Å². The highest BCUT2D eigenvalue weighted by atomic mass is 35.5. The highest BCUT2D eigenvalue weighted by Gasteiger charge is 2.03. The average Bonchev–Trinajstić information content (AvgIpc) is 2.18. The van der Waals surface area contributed by atoms with Crippen molar-refractivity contribution in [1.29, 1.82) is 0 Å². The van der Waals surface area contributed by atoms with Gasteiger partial charge in [-0.1, -0.05) is 0 Å². The summed E-state index contributed by atoms with van der Waals surface area (Å²) in [7, 11) is 1.66. The van der Waals surface area contributed by atoms with Crippen molar-refractivity contribution in [3.05, 3.63) is 23.9 Å². The Hall–Kier alpha value is -0.800. The van der Waals surface area contributed by atoms with E-state index in [0.29, 0.717) is 6.61 Å². The fourth-order valence-corrected chi connectivity index (χ4v) is 1.49. The standard InChI is InChI=1S/C11H17ClN2O/c1-9-3-5-13-11(7-9)14-6-4-10(12)8-15-2/h3,5,7,10H,4,6,8H2,1-2H3,(H,13,14). The van der Waals surface area contributed by atoms with Gasteiger partial charge in [0.1, 0.15) is 5.82 Å². The third kappa shape index (κ3) is 5.00. The quantitative estimate of drug-likeness (QED) is 0.760. The van der Waals surface area contributed by atoms with Crippen LogP contribution < -0.4 is 5.32 Å². The van der Waals surface area contributed by atoms with Gasteiger partial charge in [0, 0.05) is 19.9 Å². The number of methoxy groups -OCH3 is 1. The Morgan fingerprint density at radius 2 is 2.40 bits per heavy atom. The van der Waals surface area contributed by atoms with Crippen LogP contribution in [0.1, 0.15) is 12.0 Å². The Kier molecular flexibility index (Phi) is 5.43. The zero-order valence-electron chi connectivity index (χ0n) is 9.16. The van der Waals surface area contributed by atoms with Crippen molar-refractivity contribution in [3.8, 4) is 0 Å².